The summed E-state index contributed by atoms with van der Waals surface area (Å²) in [5, 5.41) is 0. The molecule has 0 saturated carbocycles. The van der Waals surface area contributed by atoms with Crippen molar-refractivity contribution in [2.75, 3.05) is 32.3 Å². The van der Waals surface area contributed by atoms with E-state index in [4.69, 9.17) is 18.9 Å². The van der Waals surface area contributed by atoms with Crippen LogP contribution in [0.5, 0.6) is 5.75 Å². The smallest absolute Gasteiger partial charge is 0.414 e. The van der Waals surface area contributed by atoms with Crippen LogP contribution < -0.4 is 9.64 Å². The van der Waals surface area contributed by atoms with Crippen molar-refractivity contribution in [2.24, 2.45) is 0 Å². The predicted octanol–water partition coefficient (Wildman–Crippen LogP) is 5.43. The molecule has 1 fully saturated rings. The Morgan fingerprint density at radius 1 is 1.12 bits per heavy atom. The van der Waals surface area contributed by atoms with Crippen LogP contribution in [0, 0.1) is 5.82 Å². The van der Waals surface area contributed by atoms with E-state index in [0.29, 0.717) is 37.5 Å². The number of methoxy groups -OCH3 is 1. The van der Waals surface area contributed by atoms with Crippen LogP contribution >= 0.6 is 0 Å². The minimum atomic E-state index is -0.563. The zero-order valence-electron chi connectivity index (χ0n) is 19.4. The average Bonchev–Trinajstić information content (AvgIpc) is 2.76. The van der Waals surface area contributed by atoms with Gasteiger partial charge in [-0.2, -0.15) is 0 Å². The molecule has 0 N–H and O–H groups in total. The Morgan fingerprint density at radius 3 is 2.38 bits per heavy atom. The van der Waals surface area contributed by atoms with Gasteiger partial charge < -0.3 is 18.9 Å². The van der Waals surface area contributed by atoms with Gasteiger partial charge in [-0.1, -0.05) is 12.1 Å². The van der Waals surface area contributed by atoms with E-state index < -0.39 is 17.3 Å². The quantitative estimate of drug-likeness (QED) is 0.594. The van der Waals surface area contributed by atoms with E-state index in [1.807, 2.05) is 51.1 Å². The maximum atomic E-state index is 14.3. The van der Waals surface area contributed by atoms with Gasteiger partial charge in [-0.15, -0.1) is 0 Å². The number of carbonyl (C=O) groups is 1. The lowest BCUT2D eigenvalue weighted by Crippen LogP contribution is -2.35. The number of amides is 1. The van der Waals surface area contributed by atoms with Gasteiger partial charge in [0.1, 0.15) is 23.8 Å². The molecular weight excluding hydrogens is 413 g/mol. The number of carbonyl (C=O) groups excluding carboxylic acids is 1. The third-order valence-electron chi connectivity index (χ3n) is 5.49. The lowest BCUT2D eigenvalue weighted by atomic mass is 9.86. The molecule has 1 heterocycles. The summed E-state index contributed by atoms with van der Waals surface area (Å²) in [6.45, 7) is 6.90. The van der Waals surface area contributed by atoms with Crippen LogP contribution in [-0.2, 0) is 26.4 Å². The van der Waals surface area contributed by atoms with Crippen LogP contribution in [0.4, 0.5) is 14.9 Å². The van der Waals surface area contributed by atoms with Crippen molar-refractivity contribution in [3.8, 4) is 5.75 Å². The Labute approximate surface area is 189 Å². The molecule has 0 spiro atoms. The van der Waals surface area contributed by atoms with Crippen LogP contribution in [0.2, 0.25) is 0 Å². The second kappa shape index (κ2) is 9.88. The Morgan fingerprint density at radius 2 is 1.78 bits per heavy atom. The van der Waals surface area contributed by atoms with E-state index in [-0.39, 0.29) is 12.4 Å². The third kappa shape index (κ3) is 5.99. The molecule has 2 aromatic rings. The molecule has 174 valence electrons. The standard InChI is InChI=1S/C25H32FNO5/c1-24(2,3)32-23(28)27(4)21-8-6-18(7-9-21)17-31-22-15-19(14-20(26)16-22)25(29-5)10-12-30-13-11-25/h6-9,14-16H,10-13,17H2,1-5H3. The molecule has 1 aliphatic heterocycles. The first kappa shape index (κ1) is 24.0. The normalized spacial score (nSPS) is 15.8. The van der Waals surface area contributed by atoms with Crippen molar-refractivity contribution in [1.29, 1.82) is 0 Å². The maximum Gasteiger partial charge on any atom is 0.414 e. The summed E-state index contributed by atoms with van der Waals surface area (Å²) in [7, 11) is 3.31. The average molecular weight is 446 g/mol. The van der Waals surface area contributed by atoms with Crippen molar-refractivity contribution in [3.63, 3.8) is 0 Å². The van der Waals surface area contributed by atoms with Crippen LogP contribution in [-0.4, -0.2) is 39.1 Å². The second-order valence-electron chi connectivity index (χ2n) is 8.98. The van der Waals surface area contributed by atoms with Gasteiger partial charge >= 0.3 is 6.09 Å². The van der Waals surface area contributed by atoms with E-state index in [1.165, 1.54) is 17.0 Å². The molecule has 0 radical (unpaired) electrons. The van der Waals surface area contributed by atoms with Crippen LogP contribution in [0.25, 0.3) is 0 Å². The highest BCUT2D eigenvalue weighted by atomic mass is 19.1. The van der Waals surface area contributed by atoms with Gasteiger partial charge in [-0.3, -0.25) is 4.90 Å². The van der Waals surface area contributed by atoms with Crippen molar-refractivity contribution in [3.05, 3.63) is 59.4 Å². The van der Waals surface area contributed by atoms with Crippen LogP contribution in [0.15, 0.2) is 42.5 Å². The van der Waals surface area contributed by atoms with Crippen molar-refractivity contribution >= 4 is 11.8 Å². The minimum absolute atomic E-state index is 0.266. The molecule has 0 bridgehead atoms. The molecular formula is C25H32FNO5. The number of ether oxygens (including phenoxy) is 4. The van der Waals surface area contributed by atoms with E-state index in [2.05, 4.69) is 0 Å². The zero-order chi connectivity index (χ0) is 23.4. The number of benzene rings is 2. The highest BCUT2D eigenvalue weighted by Gasteiger charge is 2.35. The van der Waals surface area contributed by atoms with E-state index in [9.17, 15) is 9.18 Å². The van der Waals surface area contributed by atoms with Crippen molar-refractivity contribution < 1.29 is 28.1 Å². The zero-order valence-corrected chi connectivity index (χ0v) is 19.4. The summed E-state index contributed by atoms with van der Waals surface area (Å²) in [5.41, 5.74) is 1.23. The van der Waals surface area contributed by atoms with Crippen molar-refractivity contribution in [2.45, 2.75) is 51.4 Å². The van der Waals surface area contributed by atoms with E-state index >= 15 is 0 Å². The molecule has 0 aliphatic carbocycles. The molecule has 1 aliphatic rings. The van der Waals surface area contributed by atoms with E-state index in [0.717, 1.165) is 11.1 Å². The van der Waals surface area contributed by atoms with Crippen LogP contribution in [0.1, 0.15) is 44.7 Å². The fraction of sp³-hybridized carbons (Fsp3) is 0.480. The number of halogens is 1. The Balaban J connectivity index is 1.67. The maximum absolute atomic E-state index is 14.3. The van der Waals surface area contributed by atoms with Gasteiger partial charge in [0.05, 0.1) is 5.60 Å². The summed E-state index contributed by atoms with van der Waals surface area (Å²) in [6, 6.07) is 12.1. The Kier molecular flexibility index (Phi) is 7.41. The highest BCUT2D eigenvalue weighted by molar-refractivity contribution is 5.87. The largest absolute Gasteiger partial charge is 0.489 e. The second-order valence-corrected chi connectivity index (χ2v) is 8.98. The summed E-state index contributed by atoms with van der Waals surface area (Å²) in [4.78, 5) is 13.7. The molecule has 1 amide bonds. The number of anilines is 1. The summed E-state index contributed by atoms with van der Waals surface area (Å²) < 4.78 is 36.8. The molecule has 32 heavy (non-hydrogen) atoms. The SMILES string of the molecule is COC1(c2cc(F)cc(OCc3ccc(N(C)C(=O)OC(C)(C)C)cc3)c2)CCOCC1. The van der Waals surface area contributed by atoms with Gasteiger partial charge in [0.15, 0.2) is 0 Å². The van der Waals surface area contributed by atoms with Gasteiger partial charge in [0.25, 0.3) is 0 Å². The number of hydrogen-bond donors (Lipinski definition) is 0. The summed E-state index contributed by atoms with van der Waals surface area (Å²) in [5.74, 6) is 0.0765. The predicted molar refractivity (Wildman–Crippen MR) is 121 cm³/mol. The first-order valence-corrected chi connectivity index (χ1v) is 10.7. The molecule has 0 aromatic heterocycles. The summed E-state index contributed by atoms with van der Waals surface area (Å²) in [6.07, 6.45) is 0.909. The summed E-state index contributed by atoms with van der Waals surface area (Å²) >= 11 is 0. The minimum Gasteiger partial charge on any atom is -0.489 e. The molecule has 6 nitrogen and oxygen atoms in total. The number of rotatable bonds is 6. The topological polar surface area (TPSA) is 57.2 Å². The first-order valence-electron chi connectivity index (χ1n) is 10.7. The molecule has 0 unspecified atom stereocenters. The fourth-order valence-electron chi connectivity index (χ4n) is 3.64. The lowest BCUT2D eigenvalue weighted by molar-refractivity contribution is -0.0950. The Hall–Kier alpha value is -2.64. The van der Waals surface area contributed by atoms with Gasteiger partial charge in [0.2, 0.25) is 0 Å². The van der Waals surface area contributed by atoms with Gasteiger partial charge in [-0.25, -0.2) is 9.18 Å². The third-order valence-corrected chi connectivity index (χ3v) is 5.49. The highest BCUT2D eigenvalue weighted by Crippen LogP contribution is 2.37. The number of hydrogen-bond acceptors (Lipinski definition) is 5. The Bertz CT molecular complexity index is 917. The number of nitrogens with zero attached hydrogens (tertiary/aromatic N) is 1. The molecule has 1 saturated heterocycles. The molecule has 7 heteroatoms. The van der Waals surface area contributed by atoms with Gasteiger partial charge in [-0.05, 0) is 56.2 Å². The fourth-order valence-corrected chi connectivity index (χ4v) is 3.64. The monoisotopic (exact) mass is 445 g/mol. The molecule has 2 aromatic carbocycles. The lowest BCUT2D eigenvalue weighted by Gasteiger charge is -2.36. The van der Waals surface area contributed by atoms with Gasteiger partial charge in [0, 0.05) is 52.0 Å². The molecule has 0 atom stereocenters. The van der Waals surface area contributed by atoms with E-state index in [1.54, 1.807) is 14.2 Å². The molecule has 3 rings (SSSR count). The van der Waals surface area contributed by atoms with Crippen molar-refractivity contribution in [1.82, 2.24) is 0 Å². The van der Waals surface area contributed by atoms with Crippen LogP contribution in [0.3, 0.4) is 0 Å². The first-order chi connectivity index (χ1) is 15.1.